The Morgan fingerprint density at radius 3 is 2.00 bits per heavy atom. The minimum Gasteiger partial charge on any atom is -0.286 e. The van der Waals surface area contributed by atoms with Gasteiger partial charge in [0.2, 0.25) is 5.95 Å². The lowest BCUT2D eigenvalue weighted by Gasteiger charge is -2.34. The standard InChI is InChI=1S/C8H16FNO/c1-5-8(4,6-2)10(11)7(3)9/h11H,3,5-6H2,1-2,4H3. The van der Waals surface area contributed by atoms with Crippen LogP contribution in [-0.4, -0.2) is 15.8 Å². The van der Waals surface area contributed by atoms with Crippen LogP contribution >= 0.6 is 0 Å². The third kappa shape index (κ3) is 2.19. The molecule has 2 nitrogen and oxygen atoms in total. The summed E-state index contributed by atoms with van der Waals surface area (Å²) in [5.41, 5.74) is -0.522. The van der Waals surface area contributed by atoms with Crippen molar-refractivity contribution < 1.29 is 9.60 Å². The molecule has 0 atom stereocenters. The Balaban J connectivity index is 4.36. The van der Waals surface area contributed by atoms with E-state index in [0.29, 0.717) is 17.9 Å². The Kier molecular flexibility index (Phi) is 3.52. The lowest BCUT2D eigenvalue weighted by atomic mass is 9.95. The first-order valence-electron chi connectivity index (χ1n) is 3.81. The second-order valence-electron chi connectivity index (χ2n) is 2.89. The second-order valence-corrected chi connectivity index (χ2v) is 2.89. The molecule has 0 saturated heterocycles. The fourth-order valence-electron chi connectivity index (χ4n) is 0.842. The summed E-state index contributed by atoms with van der Waals surface area (Å²) in [5, 5.41) is 9.81. The largest absolute Gasteiger partial charge is 0.286 e. The van der Waals surface area contributed by atoms with Gasteiger partial charge in [0.15, 0.2) is 0 Å². The van der Waals surface area contributed by atoms with E-state index in [1.54, 1.807) is 6.92 Å². The molecule has 0 aromatic carbocycles. The maximum atomic E-state index is 12.4. The van der Waals surface area contributed by atoms with Crippen molar-refractivity contribution in [3.05, 3.63) is 12.5 Å². The van der Waals surface area contributed by atoms with Crippen LogP contribution in [-0.2, 0) is 0 Å². The summed E-state index contributed by atoms with van der Waals surface area (Å²) in [4.78, 5) is 0. The molecule has 0 aromatic heterocycles. The van der Waals surface area contributed by atoms with Crippen LogP contribution in [0, 0.1) is 0 Å². The van der Waals surface area contributed by atoms with Gasteiger partial charge in [0.05, 0.1) is 5.54 Å². The predicted octanol–water partition coefficient (Wildman–Crippen LogP) is 2.70. The molecular weight excluding hydrogens is 145 g/mol. The topological polar surface area (TPSA) is 23.5 Å². The summed E-state index contributed by atoms with van der Waals surface area (Å²) in [5.74, 6) is -0.795. The number of rotatable bonds is 4. The van der Waals surface area contributed by atoms with Gasteiger partial charge in [0.1, 0.15) is 0 Å². The first kappa shape index (κ1) is 10.4. The average Bonchev–Trinajstić information content (AvgIpc) is 2.01. The molecule has 0 amide bonds. The fourth-order valence-corrected chi connectivity index (χ4v) is 0.842. The van der Waals surface area contributed by atoms with Crippen molar-refractivity contribution in [2.24, 2.45) is 0 Å². The first-order chi connectivity index (χ1) is 4.98. The zero-order valence-corrected chi connectivity index (χ0v) is 7.39. The van der Waals surface area contributed by atoms with Gasteiger partial charge in [-0.25, -0.2) is 5.06 Å². The monoisotopic (exact) mass is 161 g/mol. The van der Waals surface area contributed by atoms with Crippen LogP contribution in [0.5, 0.6) is 0 Å². The Labute approximate surface area is 67.3 Å². The van der Waals surface area contributed by atoms with E-state index in [-0.39, 0.29) is 0 Å². The zero-order valence-electron chi connectivity index (χ0n) is 7.39. The molecule has 0 aromatic rings. The van der Waals surface area contributed by atoms with E-state index in [4.69, 9.17) is 0 Å². The van der Waals surface area contributed by atoms with E-state index >= 15 is 0 Å². The lowest BCUT2D eigenvalue weighted by molar-refractivity contribution is -0.156. The van der Waals surface area contributed by atoms with E-state index < -0.39 is 11.5 Å². The molecule has 0 aliphatic heterocycles. The Hall–Kier alpha value is -0.570. The maximum absolute atomic E-state index is 12.4. The van der Waals surface area contributed by atoms with Gasteiger partial charge in [0, 0.05) is 0 Å². The summed E-state index contributed by atoms with van der Waals surface area (Å²) in [6.07, 6.45) is 1.37. The summed E-state index contributed by atoms with van der Waals surface area (Å²) < 4.78 is 12.4. The molecule has 66 valence electrons. The second kappa shape index (κ2) is 3.72. The van der Waals surface area contributed by atoms with Crippen molar-refractivity contribution >= 4 is 0 Å². The third-order valence-electron chi connectivity index (χ3n) is 2.26. The van der Waals surface area contributed by atoms with E-state index in [0.717, 1.165) is 0 Å². The van der Waals surface area contributed by atoms with E-state index in [9.17, 15) is 9.60 Å². The highest BCUT2D eigenvalue weighted by Gasteiger charge is 2.28. The van der Waals surface area contributed by atoms with Crippen LogP contribution in [0.2, 0.25) is 0 Å². The Morgan fingerprint density at radius 1 is 1.55 bits per heavy atom. The number of nitrogens with zero attached hydrogens (tertiary/aromatic N) is 1. The van der Waals surface area contributed by atoms with Crippen LogP contribution in [0.25, 0.3) is 0 Å². The third-order valence-corrected chi connectivity index (χ3v) is 2.26. The summed E-state index contributed by atoms with van der Waals surface area (Å²) in [6.45, 7) is 8.61. The van der Waals surface area contributed by atoms with Crippen LogP contribution in [0.3, 0.4) is 0 Å². The SMILES string of the molecule is C=C(F)N(O)C(C)(CC)CC. The van der Waals surface area contributed by atoms with Gasteiger partial charge in [-0.2, -0.15) is 4.39 Å². The van der Waals surface area contributed by atoms with Crippen molar-refractivity contribution in [1.82, 2.24) is 5.06 Å². The van der Waals surface area contributed by atoms with Crippen molar-refractivity contribution in [2.75, 3.05) is 0 Å². The maximum Gasteiger partial charge on any atom is 0.206 e. The molecule has 1 N–H and O–H groups in total. The molecule has 0 radical (unpaired) electrons. The molecule has 0 aliphatic rings. The molecule has 3 heteroatoms. The normalized spacial score (nSPS) is 11.4. The molecule has 0 rings (SSSR count). The lowest BCUT2D eigenvalue weighted by Crippen LogP contribution is -2.41. The van der Waals surface area contributed by atoms with Gasteiger partial charge in [-0.1, -0.05) is 13.8 Å². The van der Waals surface area contributed by atoms with Crippen molar-refractivity contribution in [1.29, 1.82) is 0 Å². The highest BCUT2D eigenvalue weighted by atomic mass is 19.1. The van der Waals surface area contributed by atoms with Crippen LogP contribution in [0.1, 0.15) is 33.6 Å². The van der Waals surface area contributed by atoms with E-state index in [1.165, 1.54) is 0 Å². The molecule has 0 heterocycles. The van der Waals surface area contributed by atoms with Crippen molar-refractivity contribution in [3.63, 3.8) is 0 Å². The number of hydrogen-bond donors (Lipinski definition) is 1. The summed E-state index contributed by atoms with van der Waals surface area (Å²) >= 11 is 0. The van der Waals surface area contributed by atoms with E-state index in [1.807, 2.05) is 13.8 Å². The van der Waals surface area contributed by atoms with Gasteiger partial charge >= 0.3 is 0 Å². The minimum absolute atomic E-state index is 0.522. The molecule has 11 heavy (non-hydrogen) atoms. The van der Waals surface area contributed by atoms with Crippen molar-refractivity contribution in [2.45, 2.75) is 39.2 Å². The zero-order chi connectivity index (χ0) is 9.07. The number of hydroxylamine groups is 2. The molecule has 0 unspecified atom stereocenters. The Bertz CT molecular complexity index is 143. The predicted molar refractivity (Wildman–Crippen MR) is 42.9 cm³/mol. The quantitative estimate of drug-likeness (QED) is 0.506. The molecular formula is C8H16FNO. The number of hydrogen-bond acceptors (Lipinski definition) is 2. The van der Waals surface area contributed by atoms with Crippen LogP contribution < -0.4 is 0 Å². The van der Waals surface area contributed by atoms with Gasteiger partial charge in [-0.3, -0.25) is 5.21 Å². The van der Waals surface area contributed by atoms with Crippen LogP contribution in [0.15, 0.2) is 12.5 Å². The van der Waals surface area contributed by atoms with Gasteiger partial charge in [-0.05, 0) is 26.3 Å². The van der Waals surface area contributed by atoms with Gasteiger partial charge < -0.3 is 0 Å². The van der Waals surface area contributed by atoms with Gasteiger partial charge in [0.25, 0.3) is 0 Å². The minimum atomic E-state index is -0.795. The first-order valence-corrected chi connectivity index (χ1v) is 3.81. The summed E-state index contributed by atoms with van der Waals surface area (Å²) in [6, 6.07) is 0. The molecule has 0 bridgehead atoms. The highest BCUT2D eigenvalue weighted by Crippen LogP contribution is 2.24. The fraction of sp³-hybridized carbons (Fsp3) is 0.750. The van der Waals surface area contributed by atoms with Crippen LogP contribution in [0.4, 0.5) is 4.39 Å². The van der Waals surface area contributed by atoms with Crippen molar-refractivity contribution in [3.8, 4) is 0 Å². The highest BCUT2D eigenvalue weighted by molar-refractivity contribution is 4.88. The average molecular weight is 161 g/mol. The molecule has 0 saturated carbocycles. The molecule has 0 aliphatic carbocycles. The van der Waals surface area contributed by atoms with Gasteiger partial charge in [-0.15, -0.1) is 0 Å². The Morgan fingerprint density at radius 2 is 1.91 bits per heavy atom. The molecule has 0 spiro atoms. The smallest absolute Gasteiger partial charge is 0.206 e. The number of halogens is 1. The summed E-state index contributed by atoms with van der Waals surface area (Å²) in [7, 11) is 0. The molecule has 0 fully saturated rings. The van der Waals surface area contributed by atoms with E-state index in [2.05, 4.69) is 6.58 Å².